The first-order chi connectivity index (χ1) is 8.98. The molecule has 1 atom stereocenters. The standard InChI is InChI=1S/C14H26F2N2O/c1-2-3-11(6-9-17)10-18-13(19)12-4-7-14(15,16)8-5-12/h11-12H,2-10,17H2,1H3,(H,18,19). The Kier molecular flexibility index (Phi) is 6.69. The molecule has 0 aliphatic heterocycles. The predicted molar refractivity (Wildman–Crippen MR) is 72.0 cm³/mol. The number of carbonyl (C=O) groups excluding carboxylic acids is 1. The van der Waals surface area contributed by atoms with Gasteiger partial charge in [0, 0.05) is 25.3 Å². The molecular formula is C14H26F2N2O. The van der Waals surface area contributed by atoms with Crippen molar-refractivity contribution in [3.63, 3.8) is 0 Å². The van der Waals surface area contributed by atoms with Crippen LogP contribution in [-0.4, -0.2) is 24.9 Å². The highest BCUT2D eigenvalue weighted by atomic mass is 19.3. The molecule has 1 unspecified atom stereocenters. The molecule has 3 nitrogen and oxygen atoms in total. The van der Waals surface area contributed by atoms with E-state index in [9.17, 15) is 13.6 Å². The van der Waals surface area contributed by atoms with Crippen molar-refractivity contribution in [1.29, 1.82) is 0 Å². The fourth-order valence-electron chi connectivity index (χ4n) is 2.68. The van der Waals surface area contributed by atoms with Crippen LogP contribution in [0, 0.1) is 11.8 Å². The summed E-state index contributed by atoms with van der Waals surface area (Å²) in [7, 11) is 0. The summed E-state index contributed by atoms with van der Waals surface area (Å²) in [6.45, 7) is 3.35. The van der Waals surface area contributed by atoms with E-state index in [4.69, 9.17) is 5.73 Å². The minimum absolute atomic E-state index is 0.0615. The number of hydrogen-bond acceptors (Lipinski definition) is 2. The molecule has 3 N–H and O–H groups in total. The van der Waals surface area contributed by atoms with Crippen LogP contribution in [0.4, 0.5) is 8.78 Å². The van der Waals surface area contributed by atoms with Crippen LogP contribution >= 0.6 is 0 Å². The van der Waals surface area contributed by atoms with Crippen molar-refractivity contribution in [2.75, 3.05) is 13.1 Å². The van der Waals surface area contributed by atoms with Gasteiger partial charge in [0.05, 0.1) is 0 Å². The lowest BCUT2D eigenvalue weighted by Crippen LogP contribution is -2.38. The Morgan fingerprint density at radius 1 is 1.37 bits per heavy atom. The Hall–Kier alpha value is -0.710. The lowest BCUT2D eigenvalue weighted by molar-refractivity contribution is -0.129. The van der Waals surface area contributed by atoms with Gasteiger partial charge in [-0.2, -0.15) is 0 Å². The minimum atomic E-state index is -2.57. The fourth-order valence-corrected chi connectivity index (χ4v) is 2.68. The Bertz CT molecular complexity index is 269. The van der Waals surface area contributed by atoms with Crippen LogP contribution in [0.5, 0.6) is 0 Å². The third-order valence-corrected chi connectivity index (χ3v) is 3.92. The molecule has 1 rings (SSSR count). The average Bonchev–Trinajstić information content (AvgIpc) is 2.36. The van der Waals surface area contributed by atoms with Gasteiger partial charge in [0.25, 0.3) is 0 Å². The molecule has 0 aromatic heterocycles. The fraction of sp³-hybridized carbons (Fsp3) is 0.929. The molecule has 0 aromatic rings. The van der Waals surface area contributed by atoms with Crippen LogP contribution < -0.4 is 11.1 Å². The minimum Gasteiger partial charge on any atom is -0.356 e. The molecule has 0 aromatic carbocycles. The normalized spacial score (nSPS) is 21.1. The number of hydrogen-bond donors (Lipinski definition) is 2. The van der Waals surface area contributed by atoms with Gasteiger partial charge in [0.2, 0.25) is 11.8 Å². The number of rotatable bonds is 7. The van der Waals surface area contributed by atoms with Crippen LogP contribution in [-0.2, 0) is 4.79 Å². The van der Waals surface area contributed by atoms with Gasteiger partial charge in [0.1, 0.15) is 0 Å². The summed E-state index contributed by atoms with van der Waals surface area (Å²) in [6.07, 6.45) is 3.29. The molecule has 19 heavy (non-hydrogen) atoms. The lowest BCUT2D eigenvalue weighted by atomic mass is 9.86. The molecule has 1 saturated carbocycles. The molecule has 0 spiro atoms. The van der Waals surface area contributed by atoms with Crippen molar-refractivity contribution >= 4 is 5.91 Å². The zero-order valence-electron chi connectivity index (χ0n) is 11.8. The Balaban J connectivity index is 2.30. The topological polar surface area (TPSA) is 55.1 Å². The van der Waals surface area contributed by atoms with E-state index in [1.54, 1.807) is 0 Å². The van der Waals surface area contributed by atoms with Gasteiger partial charge in [-0.3, -0.25) is 4.79 Å². The number of nitrogens with two attached hydrogens (primary N) is 1. The Morgan fingerprint density at radius 2 is 2.00 bits per heavy atom. The van der Waals surface area contributed by atoms with Gasteiger partial charge in [-0.25, -0.2) is 8.78 Å². The van der Waals surface area contributed by atoms with Gasteiger partial charge in [-0.15, -0.1) is 0 Å². The zero-order valence-corrected chi connectivity index (χ0v) is 11.8. The van der Waals surface area contributed by atoms with E-state index in [0.717, 1.165) is 19.3 Å². The number of nitrogens with one attached hydrogen (secondary N) is 1. The average molecular weight is 276 g/mol. The van der Waals surface area contributed by atoms with Crippen molar-refractivity contribution in [1.82, 2.24) is 5.32 Å². The highest BCUT2D eigenvalue weighted by molar-refractivity contribution is 5.78. The highest BCUT2D eigenvalue weighted by Crippen LogP contribution is 2.36. The Labute approximate surface area is 114 Å². The molecule has 112 valence electrons. The van der Waals surface area contributed by atoms with Crippen molar-refractivity contribution in [3.8, 4) is 0 Å². The van der Waals surface area contributed by atoms with E-state index in [1.807, 2.05) is 0 Å². The smallest absolute Gasteiger partial charge is 0.248 e. The number of amides is 1. The summed E-state index contributed by atoms with van der Waals surface area (Å²) < 4.78 is 26.0. The van der Waals surface area contributed by atoms with Gasteiger partial charge in [-0.05, 0) is 38.1 Å². The molecule has 5 heteroatoms. The highest BCUT2D eigenvalue weighted by Gasteiger charge is 2.37. The van der Waals surface area contributed by atoms with Crippen molar-refractivity contribution in [2.24, 2.45) is 17.6 Å². The summed E-state index contributed by atoms with van der Waals surface area (Å²) in [5.41, 5.74) is 5.54. The Morgan fingerprint density at radius 3 is 2.53 bits per heavy atom. The van der Waals surface area contributed by atoms with Crippen LogP contribution in [0.2, 0.25) is 0 Å². The first kappa shape index (κ1) is 16.3. The summed E-state index contributed by atoms with van der Waals surface area (Å²) >= 11 is 0. The molecule has 1 aliphatic carbocycles. The third-order valence-electron chi connectivity index (χ3n) is 3.92. The van der Waals surface area contributed by atoms with E-state index in [-0.39, 0.29) is 24.7 Å². The number of halogens is 2. The van der Waals surface area contributed by atoms with Crippen LogP contribution in [0.1, 0.15) is 51.9 Å². The van der Waals surface area contributed by atoms with E-state index in [0.29, 0.717) is 31.8 Å². The predicted octanol–water partition coefficient (Wildman–Crippen LogP) is 2.69. The van der Waals surface area contributed by atoms with E-state index in [1.165, 1.54) is 0 Å². The largest absolute Gasteiger partial charge is 0.356 e. The second-order valence-electron chi connectivity index (χ2n) is 5.61. The van der Waals surface area contributed by atoms with Crippen LogP contribution in [0.3, 0.4) is 0 Å². The third kappa shape index (κ3) is 5.85. The van der Waals surface area contributed by atoms with Crippen LogP contribution in [0.25, 0.3) is 0 Å². The second-order valence-corrected chi connectivity index (χ2v) is 5.61. The van der Waals surface area contributed by atoms with Crippen LogP contribution in [0.15, 0.2) is 0 Å². The molecular weight excluding hydrogens is 250 g/mol. The van der Waals surface area contributed by atoms with E-state index < -0.39 is 5.92 Å². The van der Waals surface area contributed by atoms with Crippen molar-refractivity contribution in [2.45, 2.75) is 57.8 Å². The second kappa shape index (κ2) is 7.78. The summed E-state index contributed by atoms with van der Waals surface area (Å²) in [4.78, 5) is 11.9. The summed E-state index contributed by atoms with van der Waals surface area (Å²) in [5.74, 6) is -2.46. The lowest BCUT2D eigenvalue weighted by Gasteiger charge is -2.28. The first-order valence-corrected chi connectivity index (χ1v) is 7.34. The van der Waals surface area contributed by atoms with Gasteiger partial charge in [0.15, 0.2) is 0 Å². The number of carbonyl (C=O) groups is 1. The molecule has 0 heterocycles. The van der Waals surface area contributed by atoms with E-state index in [2.05, 4.69) is 12.2 Å². The zero-order chi connectivity index (χ0) is 14.3. The van der Waals surface area contributed by atoms with Crippen molar-refractivity contribution < 1.29 is 13.6 Å². The molecule has 1 aliphatic rings. The first-order valence-electron chi connectivity index (χ1n) is 7.34. The maximum absolute atomic E-state index is 13.0. The number of alkyl halides is 2. The molecule has 0 radical (unpaired) electrons. The maximum Gasteiger partial charge on any atom is 0.248 e. The summed E-state index contributed by atoms with van der Waals surface area (Å²) in [5, 5.41) is 2.91. The van der Waals surface area contributed by atoms with Gasteiger partial charge < -0.3 is 11.1 Å². The monoisotopic (exact) mass is 276 g/mol. The van der Waals surface area contributed by atoms with E-state index >= 15 is 0 Å². The van der Waals surface area contributed by atoms with Crippen molar-refractivity contribution in [3.05, 3.63) is 0 Å². The summed E-state index contributed by atoms with van der Waals surface area (Å²) in [6, 6.07) is 0. The van der Waals surface area contributed by atoms with Gasteiger partial charge >= 0.3 is 0 Å². The molecule has 0 bridgehead atoms. The SMILES string of the molecule is CCCC(CCN)CNC(=O)C1CCC(F)(F)CC1. The molecule has 0 saturated heterocycles. The molecule has 1 fully saturated rings. The maximum atomic E-state index is 13.0. The molecule has 1 amide bonds. The van der Waals surface area contributed by atoms with Gasteiger partial charge in [-0.1, -0.05) is 13.3 Å². The quantitative estimate of drug-likeness (QED) is 0.751.